The summed E-state index contributed by atoms with van der Waals surface area (Å²) >= 11 is 0. The number of hydrogen-bond donors (Lipinski definition) is 0. The Kier molecular flexibility index (Phi) is 3.80. The summed E-state index contributed by atoms with van der Waals surface area (Å²) in [5.74, 6) is 0. The zero-order chi connectivity index (χ0) is 4.50. The highest BCUT2D eigenvalue weighted by molar-refractivity contribution is 6.92. The zero-order valence-electron chi connectivity index (χ0n) is 2.80. The average molecular weight is 121 g/mol. The SMILES string of the molecule is F[B-](F)(F)F.P. The van der Waals surface area contributed by atoms with Crippen molar-refractivity contribution in [3.05, 3.63) is 0 Å². The number of hydrogen-bond acceptors (Lipinski definition) is 0. The molecule has 0 saturated carbocycles. The molecule has 1 atom stereocenters. The molecule has 0 fully saturated rings. The molecule has 0 spiro atoms. The van der Waals surface area contributed by atoms with E-state index >= 15 is 0 Å². The third kappa shape index (κ3) is 943. The minimum atomic E-state index is -6.00. The third-order valence-electron chi connectivity index (χ3n) is 0. The lowest BCUT2D eigenvalue weighted by Gasteiger charge is -1.94. The maximum atomic E-state index is 9.75. The molecule has 0 radical (unpaired) electrons. The van der Waals surface area contributed by atoms with Crippen LogP contribution in [0, 0.1) is 0 Å². The molecule has 0 aromatic heterocycles. The molecule has 0 aliphatic heterocycles. The van der Waals surface area contributed by atoms with E-state index in [1.165, 1.54) is 0 Å². The van der Waals surface area contributed by atoms with E-state index < -0.39 is 7.25 Å². The second-order valence-corrected chi connectivity index (χ2v) is 0.495. The van der Waals surface area contributed by atoms with Crippen LogP contribution in [-0.2, 0) is 0 Å². The largest absolute Gasteiger partial charge is 0.673 e. The van der Waals surface area contributed by atoms with E-state index in [1.54, 1.807) is 0 Å². The van der Waals surface area contributed by atoms with Crippen molar-refractivity contribution in [2.75, 3.05) is 0 Å². The van der Waals surface area contributed by atoms with E-state index in [0.717, 1.165) is 0 Å². The highest BCUT2D eigenvalue weighted by Gasteiger charge is 2.20. The van der Waals surface area contributed by atoms with Crippen LogP contribution in [-0.4, -0.2) is 7.25 Å². The van der Waals surface area contributed by atoms with Crippen LogP contribution < -0.4 is 0 Å². The van der Waals surface area contributed by atoms with Crippen LogP contribution in [0.4, 0.5) is 17.3 Å². The smallest absolute Gasteiger partial charge is 0.418 e. The van der Waals surface area contributed by atoms with E-state index in [9.17, 15) is 17.3 Å². The number of rotatable bonds is 0. The van der Waals surface area contributed by atoms with Gasteiger partial charge in [-0.1, -0.05) is 0 Å². The summed E-state index contributed by atoms with van der Waals surface area (Å²) in [6.45, 7) is 0. The van der Waals surface area contributed by atoms with E-state index in [4.69, 9.17) is 0 Å². The summed E-state index contributed by atoms with van der Waals surface area (Å²) in [5, 5.41) is 0. The van der Waals surface area contributed by atoms with E-state index in [0.29, 0.717) is 0 Å². The lowest BCUT2D eigenvalue weighted by atomic mass is 10.3. The molecule has 0 amide bonds. The summed E-state index contributed by atoms with van der Waals surface area (Å²) in [6, 6.07) is 0. The first kappa shape index (κ1) is 9.51. The maximum absolute atomic E-state index is 9.75. The molecule has 0 aliphatic carbocycles. The summed E-state index contributed by atoms with van der Waals surface area (Å²) in [4.78, 5) is 0. The van der Waals surface area contributed by atoms with Crippen molar-refractivity contribution >= 4 is 17.2 Å². The van der Waals surface area contributed by atoms with Crippen molar-refractivity contribution in [1.29, 1.82) is 0 Å². The molecule has 0 rings (SSSR count). The Morgan fingerprint density at radius 3 is 0.833 bits per heavy atom. The molecule has 0 aromatic carbocycles. The zero-order valence-corrected chi connectivity index (χ0v) is 4.21. The van der Waals surface area contributed by atoms with E-state index in [1.807, 2.05) is 0 Å². The van der Waals surface area contributed by atoms with Gasteiger partial charge in [0.25, 0.3) is 0 Å². The maximum Gasteiger partial charge on any atom is 0.673 e. The quantitative estimate of drug-likeness (QED) is 0.257. The summed E-state index contributed by atoms with van der Waals surface area (Å²) in [7, 11) is -6.00. The van der Waals surface area contributed by atoms with Gasteiger partial charge in [-0.2, -0.15) is 9.90 Å². The minimum Gasteiger partial charge on any atom is -0.418 e. The second kappa shape index (κ2) is 2.40. The van der Waals surface area contributed by atoms with Gasteiger partial charge in [0.05, 0.1) is 0 Å². The normalized spacial score (nSPS) is 10.0. The predicted molar refractivity (Wildman–Crippen MR) is 21.3 cm³/mol. The van der Waals surface area contributed by atoms with Crippen molar-refractivity contribution < 1.29 is 17.3 Å². The first-order valence-corrected chi connectivity index (χ1v) is 0.873. The fourth-order valence-electron chi connectivity index (χ4n) is 0. The van der Waals surface area contributed by atoms with Gasteiger partial charge in [-0.3, -0.25) is 0 Å². The summed E-state index contributed by atoms with van der Waals surface area (Å²) < 4.78 is 39.0. The molecule has 0 heterocycles. The van der Waals surface area contributed by atoms with Gasteiger partial charge in [0.1, 0.15) is 0 Å². The van der Waals surface area contributed by atoms with Crippen LogP contribution in [0.2, 0.25) is 0 Å². The second-order valence-electron chi connectivity index (χ2n) is 0.495. The van der Waals surface area contributed by atoms with E-state index in [-0.39, 0.29) is 9.90 Å². The summed E-state index contributed by atoms with van der Waals surface area (Å²) in [5.41, 5.74) is 0. The first-order valence-electron chi connectivity index (χ1n) is 0.873. The van der Waals surface area contributed by atoms with Crippen LogP contribution in [0.3, 0.4) is 0 Å². The standard InChI is InChI=1S/BF4.H3P/c2-1(3,4)5;/h;1H3/q-1;. The molecule has 40 valence electrons. The molecule has 0 saturated heterocycles. The molecule has 0 aromatic rings. The Labute approximate surface area is 35.6 Å². The molecular weight excluding hydrogens is 118 g/mol. The van der Waals surface area contributed by atoms with Gasteiger partial charge in [-0.05, 0) is 0 Å². The number of halogens is 4. The highest BCUT2D eigenvalue weighted by Crippen LogP contribution is 2.06. The molecule has 0 nitrogen and oxygen atoms in total. The lowest BCUT2D eigenvalue weighted by molar-refractivity contribution is 0.368. The minimum absolute atomic E-state index is 0. The van der Waals surface area contributed by atoms with Gasteiger partial charge in [-0.15, -0.1) is 0 Å². The molecular formula is H3BF4P-. The van der Waals surface area contributed by atoms with Crippen molar-refractivity contribution in [2.24, 2.45) is 0 Å². The Balaban J connectivity index is 0. The molecule has 0 aliphatic rings. The summed E-state index contributed by atoms with van der Waals surface area (Å²) in [6.07, 6.45) is 0. The van der Waals surface area contributed by atoms with Crippen molar-refractivity contribution in [1.82, 2.24) is 0 Å². The molecule has 0 bridgehead atoms. The monoisotopic (exact) mass is 121 g/mol. The first-order chi connectivity index (χ1) is 2.00. The average Bonchev–Trinajstić information content (AvgIpc) is 0.722. The Bertz CT molecular complexity index is 23.0. The fraction of sp³-hybridized carbons (Fsp3) is 0. The Morgan fingerprint density at radius 1 is 0.833 bits per heavy atom. The van der Waals surface area contributed by atoms with Crippen LogP contribution in [0.1, 0.15) is 0 Å². The Morgan fingerprint density at radius 2 is 0.833 bits per heavy atom. The topological polar surface area (TPSA) is 0 Å². The van der Waals surface area contributed by atoms with E-state index in [2.05, 4.69) is 0 Å². The predicted octanol–water partition coefficient (Wildman–Crippen LogP) is 1.36. The lowest BCUT2D eigenvalue weighted by Crippen LogP contribution is -2.02. The van der Waals surface area contributed by atoms with Gasteiger partial charge in [-0.25, -0.2) is 0 Å². The van der Waals surface area contributed by atoms with Gasteiger partial charge in [0.2, 0.25) is 0 Å². The molecule has 1 unspecified atom stereocenters. The third-order valence-corrected chi connectivity index (χ3v) is 0. The van der Waals surface area contributed by atoms with Gasteiger partial charge < -0.3 is 17.3 Å². The van der Waals surface area contributed by atoms with Crippen LogP contribution in [0.15, 0.2) is 0 Å². The molecule has 0 N–H and O–H groups in total. The van der Waals surface area contributed by atoms with Gasteiger partial charge >= 0.3 is 7.25 Å². The van der Waals surface area contributed by atoms with Gasteiger partial charge in [0.15, 0.2) is 0 Å². The molecule has 6 heavy (non-hydrogen) atoms. The fourth-order valence-corrected chi connectivity index (χ4v) is 0. The van der Waals surface area contributed by atoms with Gasteiger partial charge in [0, 0.05) is 0 Å². The van der Waals surface area contributed by atoms with Crippen LogP contribution in [0.25, 0.3) is 0 Å². The van der Waals surface area contributed by atoms with Crippen LogP contribution in [0.5, 0.6) is 0 Å². The highest BCUT2D eigenvalue weighted by atomic mass is 31.0. The van der Waals surface area contributed by atoms with Crippen LogP contribution >= 0.6 is 9.90 Å². The van der Waals surface area contributed by atoms with Crippen molar-refractivity contribution in [3.8, 4) is 0 Å². The Hall–Kier alpha value is 0.215. The van der Waals surface area contributed by atoms with Crippen molar-refractivity contribution in [3.63, 3.8) is 0 Å². The van der Waals surface area contributed by atoms with Crippen molar-refractivity contribution in [2.45, 2.75) is 0 Å². The molecule has 6 heteroatoms.